The Morgan fingerprint density at radius 2 is 1.67 bits per heavy atom. The van der Waals surface area contributed by atoms with Crippen molar-refractivity contribution < 1.29 is 14.7 Å². The summed E-state index contributed by atoms with van der Waals surface area (Å²) in [7, 11) is 1.64. The van der Waals surface area contributed by atoms with E-state index in [2.05, 4.69) is 39.9 Å². The molecule has 0 aromatic rings. The molecule has 5 nitrogen and oxygen atoms in total. The molecule has 0 aromatic heterocycles. The van der Waals surface area contributed by atoms with Gasteiger partial charge in [0, 0.05) is 19.6 Å². The highest BCUT2D eigenvalue weighted by Crippen LogP contribution is 2.24. The Morgan fingerprint density at radius 1 is 1.14 bits per heavy atom. The van der Waals surface area contributed by atoms with Crippen molar-refractivity contribution in [1.29, 1.82) is 0 Å². The second-order valence-corrected chi connectivity index (χ2v) is 7.46. The predicted octanol–water partition coefficient (Wildman–Crippen LogP) is 3.20. The van der Waals surface area contributed by atoms with Gasteiger partial charge in [-0.3, -0.25) is 4.79 Å². The largest absolute Gasteiger partial charge is 0.481 e. The summed E-state index contributed by atoms with van der Waals surface area (Å²) >= 11 is 0. The molecule has 21 heavy (non-hydrogen) atoms. The zero-order valence-corrected chi connectivity index (χ0v) is 14.6. The maximum atomic E-state index is 12.2. The summed E-state index contributed by atoms with van der Waals surface area (Å²) in [5.74, 6) is -0.858. The van der Waals surface area contributed by atoms with Crippen LogP contribution in [0.1, 0.15) is 54.4 Å². The average molecular weight is 300 g/mol. The fourth-order valence-electron chi connectivity index (χ4n) is 2.05. The molecule has 0 aliphatic heterocycles. The van der Waals surface area contributed by atoms with Crippen LogP contribution in [0.5, 0.6) is 0 Å². The first-order valence-electron chi connectivity index (χ1n) is 7.69. The maximum Gasteiger partial charge on any atom is 0.317 e. The van der Waals surface area contributed by atoms with E-state index in [1.54, 1.807) is 14.0 Å². The fraction of sp³-hybridized carbons (Fsp3) is 0.875. The van der Waals surface area contributed by atoms with Crippen LogP contribution in [0.3, 0.4) is 0 Å². The number of aliphatic carboxylic acids is 1. The molecule has 2 unspecified atom stereocenters. The van der Waals surface area contributed by atoms with Crippen LogP contribution in [0.25, 0.3) is 0 Å². The summed E-state index contributed by atoms with van der Waals surface area (Å²) in [5.41, 5.74) is -0.0240. The number of carbonyl (C=O) groups is 2. The topological polar surface area (TPSA) is 69.6 Å². The summed E-state index contributed by atoms with van der Waals surface area (Å²) in [6, 6.07) is -0.123. The molecule has 124 valence electrons. The van der Waals surface area contributed by atoms with Gasteiger partial charge in [-0.25, -0.2) is 4.79 Å². The molecule has 0 saturated heterocycles. The van der Waals surface area contributed by atoms with Gasteiger partial charge in [-0.15, -0.1) is 0 Å². The van der Waals surface area contributed by atoms with Crippen LogP contribution in [-0.4, -0.2) is 41.6 Å². The molecule has 0 aromatic carbocycles. The minimum Gasteiger partial charge on any atom is -0.481 e. The third-order valence-electron chi connectivity index (χ3n) is 3.69. The summed E-state index contributed by atoms with van der Waals surface area (Å²) in [4.78, 5) is 24.5. The molecule has 0 aliphatic carbocycles. The molecule has 0 fully saturated rings. The van der Waals surface area contributed by atoms with Gasteiger partial charge in [-0.05, 0) is 24.2 Å². The van der Waals surface area contributed by atoms with E-state index in [0.29, 0.717) is 5.92 Å². The molecular weight excluding hydrogens is 268 g/mol. The summed E-state index contributed by atoms with van der Waals surface area (Å²) in [6.45, 7) is 12.5. The molecule has 0 bridgehead atoms. The number of nitrogens with zero attached hydrogens (tertiary/aromatic N) is 1. The molecule has 0 radical (unpaired) electrons. The minimum atomic E-state index is -0.887. The first-order chi connectivity index (χ1) is 9.45. The van der Waals surface area contributed by atoms with E-state index >= 15 is 0 Å². The minimum absolute atomic E-state index is 0.0240. The van der Waals surface area contributed by atoms with E-state index in [-0.39, 0.29) is 24.0 Å². The second kappa shape index (κ2) is 8.25. The van der Waals surface area contributed by atoms with E-state index in [0.717, 1.165) is 12.8 Å². The van der Waals surface area contributed by atoms with Crippen LogP contribution in [-0.2, 0) is 4.79 Å². The Morgan fingerprint density at radius 3 is 2.05 bits per heavy atom. The SMILES string of the molecule is CC(C)CCC(NC(=O)N(C)CC(C)C(=O)O)C(C)(C)C. The molecule has 2 N–H and O–H groups in total. The molecular formula is C16H32N2O3. The molecule has 0 rings (SSSR count). The number of carboxylic acids is 1. The highest BCUT2D eigenvalue weighted by molar-refractivity contribution is 5.76. The standard InChI is InChI=1S/C16H32N2O3/c1-11(2)8-9-13(16(4,5)6)17-15(21)18(7)10-12(3)14(19)20/h11-13H,8-10H2,1-7H3,(H,17,21)(H,19,20). The lowest BCUT2D eigenvalue weighted by Gasteiger charge is -2.34. The smallest absolute Gasteiger partial charge is 0.317 e. The van der Waals surface area contributed by atoms with Gasteiger partial charge < -0.3 is 15.3 Å². The summed E-state index contributed by atoms with van der Waals surface area (Å²) in [6.07, 6.45) is 1.98. The number of urea groups is 1. The normalized spacial score (nSPS) is 14.7. The molecule has 0 spiro atoms. The second-order valence-electron chi connectivity index (χ2n) is 7.46. The van der Waals surface area contributed by atoms with Gasteiger partial charge in [0.1, 0.15) is 0 Å². The number of nitrogens with one attached hydrogen (secondary N) is 1. The first-order valence-corrected chi connectivity index (χ1v) is 7.69. The van der Waals surface area contributed by atoms with Crippen LogP contribution >= 0.6 is 0 Å². The zero-order chi connectivity index (χ0) is 16.8. The number of carbonyl (C=O) groups excluding carboxylic acids is 1. The third-order valence-corrected chi connectivity index (χ3v) is 3.69. The molecule has 2 atom stereocenters. The van der Waals surface area contributed by atoms with Crippen molar-refractivity contribution in [1.82, 2.24) is 10.2 Å². The number of hydrogen-bond donors (Lipinski definition) is 2. The van der Waals surface area contributed by atoms with Crippen LogP contribution < -0.4 is 5.32 Å². The van der Waals surface area contributed by atoms with Crippen molar-refractivity contribution in [2.75, 3.05) is 13.6 Å². The fourth-order valence-corrected chi connectivity index (χ4v) is 2.05. The van der Waals surface area contributed by atoms with Crippen LogP contribution in [0.4, 0.5) is 4.79 Å². The lowest BCUT2D eigenvalue weighted by molar-refractivity contribution is -0.141. The van der Waals surface area contributed by atoms with E-state index in [4.69, 9.17) is 5.11 Å². The Hall–Kier alpha value is -1.26. The molecule has 0 heterocycles. The van der Waals surface area contributed by atoms with Crippen LogP contribution in [0.2, 0.25) is 0 Å². The van der Waals surface area contributed by atoms with E-state index in [1.807, 2.05) is 0 Å². The van der Waals surface area contributed by atoms with Gasteiger partial charge in [0.15, 0.2) is 0 Å². The quantitative estimate of drug-likeness (QED) is 0.758. The van der Waals surface area contributed by atoms with Crippen molar-refractivity contribution in [2.24, 2.45) is 17.3 Å². The molecule has 5 heteroatoms. The molecule has 2 amide bonds. The molecule has 0 aliphatic rings. The number of hydrogen-bond acceptors (Lipinski definition) is 2. The maximum absolute atomic E-state index is 12.2. The summed E-state index contributed by atoms with van der Waals surface area (Å²) < 4.78 is 0. The third kappa shape index (κ3) is 7.93. The van der Waals surface area contributed by atoms with Gasteiger partial charge in [0.05, 0.1) is 5.92 Å². The van der Waals surface area contributed by atoms with E-state index in [1.165, 1.54) is 4.90 Å². The Labute approximate surface area is 129 Å². The van der Waals surface area contributed by atoms with Crippen LogP contribution in [0.15, 0.2) is 0 Å². The number of amides is 2. The number of carboxylic acid groups (broad SMARTS) is 1. The van der Waals surface area contributed by atoms with Crippen molar-refractivity contribution >= 4 is 12.0 Å². The van der Waals surface area contributed by atoms with Crippen LogP contribution in [0, 0.1) is 17.3 Å². The van der Waals surface area contributed by atoms with Gasteiger partial charge in [0.2, 0.25) is 0 Å². The average Bonchev–Trinajstić information content (AvgIpc) is 2.31. The predicted molar refractivity (Wildman–Crippen MR) is 85.3 cm³/mol. The van der Waals surface area contributed by atoms with Gasteiger partial charge in [0.25, 0.3) is 0 Å². The number of rotatable bonds is 7. The van der Waals surface area contributed by atoms with E-state index in [9.17, 15) is 9.59 Å². The lowest BCUT2D eigenvalue weighted by atomic mass is 9.83. The highest BCUT2D eigenvalue weighted by Gasteiger charge is 2.27. The van der Waals surface area contributed by atoms with Crippen molar-refractivity contribution in [3.8, 4) is 0 Å². The monoisotopic (exact) mass is 300 g/mol. The van der Waals surface area contributed by atoms with Gasteiger partial charge >= 0.3 is 12.0 Å². The highest BCUT2D eigenvalue weighted by atomic mass is 16.4. The Balaban J connectivity index is 4.62. The Bertz CT molecular complexity index is 348. The molecule has 0 saturated carbocycles. The van der Waals surface area contributed by atoms with Crippen molar-refractivity contribution in [3.63, 3.8) is 0 Å². The lowest BCUT2D eigenvalue weighted by Crippen LogP contribution is -2.49. The van der Waals surface area contributed by atoms with Gasteiger partial charge in [-0.1, -0.05) is 41.5 Å². The summed E-state index contributed by atoms with van der Waals surface area (Å²) in [5, 5.41) is 12.0. The first kappa shape index (κ1) is 19.7. The van der Waals surface area contributed by atoms with E-state index < -0.39 is 11.9 Å². The van der Waals surface area contributed by atoms with Gasteiger partial charge in [-0.2, -0.15) is 0 Å². The zero-order valence-electron chi connectivity index (χ0n) is 14.6. The Kier molecular flexibility index (Phi) is 7.75. The van der Waals surface area contributed by atoms with Crippen molar-refractivity contribution in [3.05, 3.63) is 0 Å². The van der Waals surface area contributed by atoms with Crippen molar-refractivity contribution in [2.45, 2.75) is 60.4 Å².